The SMILES string of the molecule is CCc1ccccc1NC(=O)CCc1nnc(-c2cccc(C(F)(F)F)c2)o1. The molecule has 0 aliphatic heterocycles. The largest absolute Gasteiger partial charge is 0.421 e. The first kappa shape index (κ1) is 19.6. The van der Waals surface area contributed by atoms with E-state index in [9.17, 15) is 18.0 Å². The second kappa shape index (κ2) is 8.24. The minimum Gasteiger partial charge on any atom is -0.421 e. The van der Waals surface area contributed by atoms with Gasteiger partial charge >= 0.3 is 6.18 Å². The summed E-state index contributed by atoms with van der Waals surface area (Å²) in [6.45, 7) is 2.00. The molecule has 3 rings (SSSR count). The average Bonchev–Trinajstić information content (AvgIpc) is 3.15. The summed E-state index contributed by atoms with van der Waals surface area (Å²) in [5.74, 6) is -0.0381. The van der Waals surface area contributed by atoms with Crippen molar-refractivity contribution in [3.63, 3.8) is 0 Å². The average molecular weight is 389 g/mol. The van der Waals surface area contributed by atoms with Crippen LogP contribution in [0.2, 0.25) is 0 Å². The topological polar surface area (TPSA) is 68.0 Å². The van der Waals surface area contributed by atoms with E-state index in [4.69, 9.17) is 4.42 Å². The Bertz CT molecular complexity index is 967. The number of halogens is 3. The van der Waals surface area contributed by atoms with Crippen molar-refractivity contribution in [1.82, 2.24) is 10.2 Å². The van der Waals surface area contributed by atoms with Crippen LogP contribution in [0.1, 0.15) is 30.4 Å². The van der Waals surface area contributed by atoms with Crippen LogP contribution in [0.3, 0.4) is 0 Å². The van der Waals surface area contributed by atoms with Crippen molar-refractivity contribution in [2.75, 3.05) is 5.32 Å². The number of hydrogen-bond donors (Lipinski definition) is 1. The lowest BCUT2D eigenvalue weighted by Gasteiger charge is -2.08. The van der Waals surface area contributed by atoms with Gasteiger partial charge in [0.15, 0.2) is 0 Å². The van der Waals surface area contributed by atoms with Gasteiger partial charge in [0, 0.05) is 24.1 Å². The van der Waals surface area contributed by atoms with Crippen LogP contribution in [-0.2, 0) is 23.8 Å². The number of hydrogen-bond acceptors (Lipinski definition) is 4. The molecule has 0 bridgehead atoms. The highest BCUT2D eigenvalue weighted by molar-refractivity contribution is 5.91. The summed E-state index contributed by atoms with van der Waals surface area (Å²) in [5.41, 5.74) is 1.17. The van der Waals surface area contributed by atoms with Crippen LogP contribution < -0.4 is 5.32 Å². The molecule has 0 spiro atoms. The van der Waals surface area contributed by atoms with Gasteiger partial charge in [0.1, 0.15) is 0 Å². The lowest BCUT2D eigenvalue weighted by molar-refractivity contribution is -0.137. The summed E-state index contributed by atoms with van der Waals surface area (Å²) >= 11 is 0. The Morgan fingerprint density at radius 2 is 1.89 bits per heavy atom. The molecule has 2 aromatic carbocycles. The Balaban J connectivity index is 1.63. The zero-order valence-electron chi connectivity index (χ0n) is 15.1. The van der Waals surface area contributed by atoms with Crippen LogP contribution in [0.25, 0.3) is 11.5 Å². The van der Waals surface area contributed by atoms with E-state index >= 15 is 0 Å². The molecule has 0 aliphatic carbocycles. The normalized spacial score (nSPS) is 11.4. The highest BCUT2D eigenvalue weighted by Crippen LogP contribution is 2.31. The van der Waals surface area contributed by atoms with Gasteiger partial charge in [-0.1, -0.05) is 31.2 Å². The van der Waals surface area contributed by atoms with Gasteiger partial charge in [-0.15, -0.1) is 10.2 Å². The Hall–Kier alpha value is -3.16. The lowest BCUT2D eigenvalue weighted by Crippen LogP contribution is -2.13. The number of para-hydroxylation sites is 1. The third-order valence-electron chi connectivity index (χ3n) is 4.14. The fourth-order valence-corrected chi connectivity index (χ4v) is 2.68. The van der Waals surface area contributed by atoms with Crippen LogP contribution in [0.4, 0.5) is 18.9 Å². The molecule has 1 N–H and O–H groups in total. The number of amides is 1. The van der Waals surface area contributed by atoms with Crippen molar-refractivity contribution in [2.24, 2.45) is 0 Å². The number of aryl methyl sites for hydroxylation is 2. The van der Waals surface area contributed by atoms with Crippen LogP contribution in [0, 0.1) is 0 Å². The zero-order chi connectivity index (χ0) is 20.1. The first-order valence-electron chi connectivity index (χ1n) is 8.74. The third kappa shape index (κ3) is 4.76. The van der Waals surface area contributed by atoms with Gasteiger partial charge in [-0.2, -0.15) is 13.2 Å². The van der Waals surface area contributed by atoms with Crippen LogP contribution in [0.15, 0.2) is 52.9 Å². The van der Waals surface area contributed by atoms with Crippen molar-refractivity contribution in [3.05, 3.63) is 65.5 Å². The fraction of sp³-hybridized carbons (Fsp3) is 0.250. The van der Waals surface area contributed by atoms with Gasteiger partial charge in [-0.3, -0.25) is 4.79 Å². The summed E-state index contributed by atoms with van der Waals surface area (Å²) in [6, 6.07) is 12.2. The molecule has 146 valence electrons. The number of nitrogens with one attached hydrogen (secondary N) is 1. The number of carbonyl (C=O) groups is 1. The maximum atomic E-state index is 12.8. The predicted molar refractivity (Wildman–Crippen MR) is 97.5 cm³/mol. The number of anilines is 1. The van der Waals surface area contributed by atoms with Crippen molar-refractivity contribution in [2.45, 2.75) is 32.4 Å². The van der Waals surface area contributed by atoms with Gasteiger partial charge in [-0.05, 0) is 36.2 Å². The molecule has 28 heavy (non-hydrogen) atoms. The summed E-state index contributed by atoms with van der Waals surface area (Å²) in [6.07, 6.45) is -3.36. The Morgan fingerprint density at radius 1 is 1.11 bits per heavy atom. The Labute approximate surface area is 159 Å². The number of rotatable bonds is 6. The standard InChI is InChI=1S/C20H18F3N3O2/c1-2-13-6-3-4-9-16(13)24-17(27)10-11-18-25-26-19(28-18)14-7-5-8-15(12-14)20(21,22)23/h3-9,12H,2,10-11H2,1H3,(H,24,27). The van der Waals surface area contributed by atoms with Gasteiger partial charge < -0.3 is 9.73 Å². The van der Waals surface area contributed by atoms with E-state index in [0.717, 1.165) is 29.8 Å². The molecule has 0 aliphatic rings. The van der Waals surface area contributed by atoms with E-state index in [0.29, 0.717) is 0 Å². The summed E-state index contributed by atoms with van der Waals surface area (Å²) in [7, 11) is 0. The maximum Gasteiger partial charge on any atom is 0.416 e. The second-order valence-electron chi connectivity index (χ2n) is 6.14. The molecule has 1 amide bonds. The number of alkyl halides is 3. The summed E-state index contributed by atoms with van der Waals surface area (Å²) in [5, 5.41) is 10.4. The monoisotopic (exact) mass is 389 g/mol. The molecule has 0 atom stereocenters. The number of nitrogens with zero attached hydrogens (tertiary/aromatic N) is 2. The van der Waals surface area contributed by atoms with Crippen molar-refractivity contribution in [1.29, 1.82) is 0 Å². The molecular formula is C20H18F3N3O2. The smallest absolute Gasteiger partial charge is 0.416 e. The van der Waals surface area contributed by atoms with E-state index in [2.05, 4.69) is 15.5 Å². The predicted octanol–water partition coefficient (Wildman–Crippen LogP) is 4.89. The van der Waals surface area contributed by atoms with Crippen molar-refractivity contribution >= 4 is 11.6 Å². The molecule has 5 nitrogen and oxygen atoms in total. The molecule has 0 fully saturated rings. The minimum atomic E-state index is -4.45. The van der Waals surface area contributed by atoms with Crippen molar-refractivity contribution in [3.8, 4) is 11.5 Å². The van der Waals surface area contributed by atoms with Gasteiger partial charge in [-0.25, -0.2) is 0 Å². The van der Waals surface area contributed by atoms with Gasteiger partial charge in [0.25, 0.3) is 0 Å². The molecule has 0 saturated carbocycles. The summed E-state index contributed by atoms with van der Waals surface area (Å²) in [4.78, 5) is 12.2. The van der Waals surface area contributed by atoms with E-state index in [-0.39, 0.29) is 36.1 Å². The van der Waals surface area contributed by atoms with Crippen LogP contribution >= 0.6 is 0 Å². The Kier molecular flexibility index (Phi) is 5.77. The number of benzene rings is 2. The highest BCUT2D eigenvalue weighted by atomic mass is 19.4. The minimum absolute atomic E-state index is 0.0159. The molecule has 1 aromatic heterocycles. The zero-order valence-corrected chi connectivity index (χ0v) is 15.1. The van der Waals surface area contributed by atoms with E-state index in [1.54, 1.807) is 0 Å². The number of carbonyl (C=O) groups excluding carboxylic acids is 1. The second-order valence-corrected chi connectivity index (χ2v) is 6.14. The Morgan fingerprint density at radius 3 is 2.64 bits per heavy atom. The van der Waals surface area contributed by atoms with Crippen LogP contribution in [-0.4, -0.2) is 16.1 Å². The third-order valence-corrected chi connectivity index (χ3v) is 4.14. The van der Waals surface area contributed by atoms with Gasteiger partial charge in [0.2, 0.25) is 17.7 Å². The summed E-state index contributed by atoms with van der Waals surface area (Å²) < 4.78 is 43.9. The van der Waals surface area contributed by atoms with Crippen molar-refractivity contribution < 1.29 is 22.4 Å². The lowest BCUT2D eigenvalue weighted by atomic mass is 10.1. The maximum absolute atomic E-state index is 12.8. The van der Waals surface area contributed by atoms with E-state index in [1.807, 2.05) is 31.2 Å². The number of aromatic nitrogens is 2. The van der Waals surface area contributed by atoms with Gasteiger partial charge in [0.05, 0.1) is 5.56 Å². The molecule has 0 unspecified atom stereocenters. The molecule has 8 heteroatoms. The van der Waals surface area contributed by atoms with E-state index < -0.39 is 11.7 Å². The molecule has 0 radical (unpaired) electrons. The molecule has 0 saturated heterocycles. The molecular weight excluding hydrogens is 371 g/mol. The first-order chi connectivity index (χ1) is 13.4. The van der Waals surface area contributed by atoms with E-state index in [1.165, 1.54) is 12.1 Å². The fourth-order valence-electron chi connectivity index (χ4n) is 2.68. The first-order valence-corrected chi connectivity index (χ1v) is 8.74. The molecule has 1 heterocycles. The highest BCUT2D eigenvalue weighted by Gasteiger charge is 2.30. The van der Waals surface area contributed by atoms with Crippen LogP contribution in [0.5, 0.6) is 0 Å². The quantitative estimate of drug-likeness (QED) is 0.652. The molecule has 3 aromatic rings.